The lowest BCUT2D eigenvalue weighted by molar-refractivity contribution is 0.929. The number of rotatable bonds is 3. The number of hydrogen-bond donors (Lipinski definition) is 0. The first-order chi connectivity index (χ1) is 22.2. The van der Waals surface area contributed by atoms with Gasteiger partial charge in [-0.3, -0.25) is 0 Å². The molecule has 5 heteroatoms. The lowest BCUT2D eigenvalue weighted by Crippen LogP contribution is -2.12. The zero-order valence-electron chi connectivity index (χ0n) is 24.9. The van der Waals surface area contributed by atoms with Gasteiger partial charge in [-0.15, -0.1) is 0 Å². The number of aryl methyl sites for hydroxylation is 2. The van der Waals surface area contributed by atoms with Crippen molar-refractivity contribution in [3.05, 3.63) is 139 Å². The summed E-state index contributed by atoms with van der Waals surface area (Å²) in [5.74, 6) is 0. The van der Waals surface area contributed by atoms with E-state index in [1.54, 1.807) is 0 Å². The van der Waals surface area contributed by atoms with Gasteiger partial charge in [0.1, 0.15) is 0 Å². The molecule has 0 N–H and O–H groups in total. The Morgan fingerprint density at radius 2 is 0.844 bits per heavy atom. The lowest BCUT2D eigenvalue weighted by atomic mass is 9.97. The second-order valence-corrected chi connectivity index (χ2v) is 12.0. The van der Waals surface area contributed by atoms with Crippen molar-refractivity contribution in [2.24, 2.45) is 0 Å². The van der Waals surface area contributed by atoms with E-state index in [0.29, 0.717) is 0 Å². The second kappa shape index (κ2) is 8.80. The lowest BCUT2D eigenvalue weighted by Gasteiger charge is -2.24. The van der Waals surface area contributed by atoms with Crippen molar-refractivity contribution in [2.45, 2.75) is 13.8 Å². The zero-order valence-corrected chi connectivity index (χ0v) is 24.9. The van der Waals surface area contributed by atoms with Crippen LogP contribution in [0.25, 0.3) is 82.9 Å². The van der Waals surface area contributed by atoms with Crippen molar-refractivity contribution in [1.82, 2.24) is 23.8 Å². The largest absolute Gasteiger partial charge is 0.302 e. The van der Waals surface area contributed by atoms with Crippen molar-refractivity contribution in [3.63, 3.8) is 0 Å². The Hall–Kier alpha value is -5.94. The minimum atomic E-state index is 1.02. The first-order valence-electron chi connectivity index (χ1n) is 15.4. The molecule has 0 fully saturated rings. The molecule has 212 valence electrons. The molecule has 6 aromatic carbocycles. The number of benzene rings is 6. The van der Waals surface area contributed by atoms with Crippen molar-refractivity contribution >= 4 is 43.9 Å². The average Bonchev–Trinajstić information content (AvgIpc) is 3.64. The Morgan fingerprint density at radius 1 is 0.422 bits per heavy atom. The number of aromatic nitrogens is 5. The molecule has 2 aromatic heterocycles. The molecular weight excluding hydrogens is 550 g/mol. The SMILES string of the molecule is Cc1nn2c3cc(-c4ccccc4)cc4c3-n(c3ccc(-c5ccccc5)c1c32)c1ccc(-c2ccccc2)c2c(C)nn4c21. The third kappa shape index (κ3) is 3.22. The average molecular weight is 578 g/mol. The fourth-order valence-corrected chi connectivity index (χ4v) is 7.57. The van der Waals surface area contributed by atoms with Gasteiger partial charge in [0.05, 0.1) is 50.2 Å². The van der Waals surface area contributed by atoms with Gasteiger partial charge in [0.25, 0.3) is 0 Å². The molecule has 0 bridgehead atoms. The third-order valence-electron chi connectivity index (χ3n) is 9.47. The summed E-state index contributed by atoms with van der Waals surface area (Å²) >= 11 is 0. The maximum absolute atomic E-state index is 5.24. The van der Waals surface area contributed by atoms with E-state index in [-0.39, 0.29) is 0 Å². The summed E-state index contributed by atoms with van der Waals surface area (Å²) in [5.41, 5.74) is 16.8. The van der Waals surface area contributed by atoms with Crippen molar-refractivity contribution < 1.29 is 0 Å². The molecule has 45 heavy (non-hydrogen) atoms. The molecular formula is C40H27N5. The van der Waals surface area contributed by atoms with Crippen LogP contribution in [0.5, 0.6) is 0 Å². The van der Waals surface area contributed by atoms with Crippen LogP contribution in [0, 0.1) is 13.8 Å². The first kappa shape index (κ1) is 24.5. The van der Waals surface area contributed by atoms with Gasteiger partial charge in [-0.2, -0.15) is 10.2 Å². The highest BCUT2D eigenvalue weighted by molar-refractivity contribution is 6.13. The maximum Gasteiger partial charge on any atom is 0.0991 e. The van der Waals surface area contributed by atoms with Crippen LogP contribution in [0.4, 0.5) is 0 Å². The van der Waals surface area contributed by atoms with Crippen LogP contribution >= 0.6 is 0 Å². The van der Waals surface area contributed by atoms with Crippen LogP contribution in [0.2, 0.25) is 0 Å². The molecule has 2 aliphatic rings. The summed E-state index contributed by atoms with van der Waals surface area (Å²) < 4.78 is 6.80. The van der Waals surface area contributed by atoms with E-state index in [9.17, 15) is 0 Å². The van der Waals surface area contributed by atoms with E-state index in [2.05, 4.69) is 155 Å². The summed E-state index contributed by atoms with van der Waals surface area (Å²) in [4.78, 5) is 0. The van der Waals surface area contributed by atoms with Gasteiger partial charge >= 0.3 is 0 Å². The summed E-state index contributed by atoms with van der Waals surface area (Å²) in [7, 11) is 0. The van der Waals surface area contributed by atoms with Crippen LogP contribution in [0.15, 0.2) is 127 Å². The van der Waals surface area contributed by atoms with E-state index in [1.165, 1.54) is 33.0 Å². The highest BCUT2D eigenvalue weighted by Gasteiger charge is 2.28. The van der Waals surface area contributed by atoms with Gasteiger partial charge in [-0.05, 0) is 71.5 Å². The van der Waals surface area contributed by atoms with Crippen LogP contribution < -0.4 is 0 Å². The molecule has 0 saturated heterocycles. The molecule has 2 aliphatic heterocycles. The molecule has 8 aromatic rings. The Morgan fingerprint density at radius 3 is 1.29 bits per heavy atom. The van der Waals surface area contributed by atoms with Gasteiger partial charge in [0.2, 0.25) is 0 Å². The van der Waals surface area contributed by atoms with Crippen molar-refractivity contribution in [1.29, 1.82) is 0 Å². The van der Waals surface area contributed by atoms with E-state index in [1.807, 2.05) is 0 Å². The first-order valence-corrected chi connectivity index (χ1v) is 15.4. The second-order valence-electron chi connectivity index (χ2n) is 12.0. The van der Waals surface area contributed by atoms with Crippen LogP contribution in [0.3, 0.4) is 0 Å². The van der Waals surface area contributed by atoms with Crippen LogP contribution in [-0.2, 0) is 0 Å². The maximum atomic E-state index is 5.24. The van der Waals surface area contributed by atoms with Gasteiger partial charge < -0.3 is 4.57 Å². The Kier molecular flexibility index (Phi) is 4.79. The molecule has 4 heterocycles. The van der Waals surface area contributed by atoms with E-state index in [0.717, 1.165) is 61.3 Å². The molecule has 0 radical (unpaired) electrons. The fourth-order valence-electron chi connectivity index (χ4n) is 7.57. The molecule has 10 rings (SSSR count). The van der Waals surface area contributed by atoms with Crippen LogP contribution in [-0.4, -0.2) is 23.8 Å². The van der Waals surface area contributed by atoms with Gasteiger partial charge in [-0.1, -0.05) is 103 Å². The molecule has 0 aliphatic carbocycles. The number of fused-ring (bicyclic) bond motifs is 4. The molecule has 5 nitrogen and oxygen atoms in total. The minimum absolute atomic E-state index is 1.02. The molecule has 0 spiro atoms. The minimum Gasteiger partial charge on any atom is -0.302 e. The molecule has 0 amide bonds. The highest BCUT2D eigenvalue weighted by atomic mass is 15.3. The summed E-state index contributed by atoms with van der Waals surface area (Å²) in [6.45, 7) is 4.26. The van der Waals surface area contributed by atoms with Crippen molar-refractivity contribution in [3.8, 4) is 39.1 Å². The highest BCUT2D eigenvalue weighted by Crippen LogP contribution is 2.44. The predicted molar refractivity (Wildman–Crippen MR) is 184 cm³/mol. The third-order valence-corrected chi connectivity index (χ3v) is 9.47. The molecule has 0 saturated carbocycles. The van der Waals surface area contributed by atoms with Crippen molar-refractivity contribution in [2.75, 3.05) is 0 Å². The fraction of sp³-hybridized carbons (Fsp3) is 0.0500. The van der Waals surface area contributed by atoms with E-state index in [4.69, 9.17) is 10.2 Å². The van der Waals surface area contributed by atoms with E-state index < -0.39 is 0 Å². The van der Waals surface area contributed by atoms with Gasteiger partial charge in [-0.25, -0.2) is 9.03 Å². The molecule has 0 unspecified atom stereocenters. The summed E-state index contributed by atoms with van der Waals surface area (Å²) in [6.07, 6.45) is 0. The number of nitrogens with zero attached hydrogens (tertiary/aromatic N) is 5. The number of hydrogen-bond acceptors (Lipinski definition) is 2. The zero-order chi connectivity index (χ0) is 29.8. The molecule has 0 atom stereocenters. The Labute approximate surface area is 258 Å². The van der Waals surface area contributed by atoms with Gasteiger partial charge in [0, 0.05) is 10.8 Å². The Balaban J connectivity index is 1.46. The topological polar surface area (TPSA) is 39.5 Å². The smallest absolute Gasteiger partial charge is 0.0991 e. The summed E-state index contributed by atoms with van der Waals surface area (Å²) in [5, 5.41) is 12.8. The quantitative estimate of drug-likeness (QED) is 0.155. The normalized spacial score (nSPS) is 12.2. The summed E-state index contributed by atoms with van der Waals surface area (Å²) in [6, 6.07) is 45.6. The standard InChI is InChI=1S/C40H27N5/c1-24-36-30(27-14-8-4-9-15-27)18-20-32-39(36)44(41-24)34-22-29(26-12-6-3-7-13-26)23-35-38(34)43(32)33-21-19-31(28-16-10-5-11-17-28)37-25(2)42-45(35)40(33)37/h3-23H,1-2H3. The van der Waals surface area contributed by atoms with Crippen LogP contribution in [0.1, 0.15) is 11.4 Å². The predicted octanol–water partition coefficient (Wildman–Crippen LogP) is 9.73. The Bertz CT molecular complexity index is 2530. The van der Waals surface area contributed by atoms with E-state index >= 15 is 0 Å². The monoisotopic (exact) mass is 577 g/mol. The van der Waals surface area contributed by atoms with Gasteiger partial charge in [0.15, 0.2) is 0 Å².